The lowest BCUT2D eigenvalue weighted by molar-refractivity contribution is 0.182. The molecule has 0 bridgehead atoms. The molecule has 4 nitrogen and oxygen atoms in total. The van der Waals surface area contributed by atoms with Crippen LogP contribution in [0.2, 0.25) is 0 Å². The highest BCUT2D eigenvalue weighted by molar-refractivity contribution is 5.79. The van der Waals surface area contributed by atoms with Gasteiger partial charge in [0.05, 0.1) is 17.8 Å². The van der Waals surface area contributed by atoms with Gasteiger partial charge in [-0.2, -0.15) is 5.10 Å². The van der Waals surface area contributed by atoms with Gasteiger partial charge in [0.2, 0.25) is 0 Å². The predicted octanol–water partition coefficient (Wildman–Crippen LogP) is 0.705. The Morgan fingerprint density at radius 2 is 2.33 bits per heavy atom. The molecule has 1 aromatic carbocycles. The maximum Gasteiger partial charge on any atom is 0.131 e. The molecule has 0 amide bonds. The molecule has 80 valence electrons. The summed E-state index contributed by atoms with van der Waals surface area (Å²) < 4.78 is 15.1. The molecule has 0 aliphatic rings. The van der Waals surface area contributed by atoms with Crippen LogP contribution in [0.4, 0.5) is 4.39 Å². The highest BCUT2D eigenvalue weighted by Crippen LogP contribution is 2.22. The van der Waals surface area contributed by atoms with Gasteiger partial charge in [-0.3, -0.25) is 4.68 Å². The highest BCUT2D eigenvalue weighted by atomic mass is 19.1. The minimum Gasteiger partial charge on any atom is -0.387 e. The summed E-state index contributed by atoms with van der Waals surface area (Å²) in [5.41, 5.74) is 6.20. The Bertz CT molecular complexity index is 495. The van der Waals surface area contributed by atoms with Crippen LogP contribution < -0.4 is 5.73 Å². The zero-order valence-electron chi connectivity index (χ0n) is 8.31. The minimum absolute atomic E-state index is 0.00267. The Morgan fingerprint density at radius 3 is 3.00 bits per heavy atom. The number of nitrogens with two attached hydrogens (primary N) is 1. The smallest absolute Gasteiger partial charge is 0.131 e. The van der Waals surface area contributed by atoms with E-state index in [1.54, 1.807) is 24.0 Å². The fraction of sp³-hybridized carbons (Fsp3) is 0.300. The summed E-state index contributed by atoms with van der Waals surface area (Å²) in [6.45, 7) is 0.00267. The normalized spacial score (nSPS) is 13.3. The fourth-order valence-electron chi connectivity index (χ4n) is 1.57. The molecule has 3 N–H and O–H groups in total. The second-order valence-electron chi connectivity index (χ2n) is 3.45. The number of benzene rings is 1. The van der Waals surface area contributed by atoms with Crippen molar-refractivity contribution in [2.45, 2.75) is 6.10 Å². The maximum atomic E-state index is 13.6. The molecule has 1 unspecified atom stereocenters. The van der Waals surface area contributed by atoms with E-state index in [0.717, 1.165) is 5.39 Å². The highest BCUT2D eigenvalue weighted by Gasteiger charge is 2.13. The van der Waals surface area contributed by atoms with Crippen LogP contribution in [0, 0.1) is 5.82 Å². The van der Waals surface area contributed by atoms with Gasteiger partial charge in [-0.15, -0.1) is 0 Å². The van der Waals surface area contributed by atoms with Gasteiger partial charge in [0.1, 0.15) is 5.82 Å². The molecular weight excluding hydrogens is 197 g/mol. The second kappa shape index (κ2) is 3.60. The molecule has 2 rings (SSSR count). The molecule has 5 heteroatoms. The largest absolute Gasteiger partial charge is 0.387 e. The summed E-state index contributed by atoms with van der Waals surface area (Å²) in [6.07, 6.45) is 0.663. The SMILES string of the molecule is Cn1ncc2cc(C(O)CN)c(F)cc21. The Morgan fingerprint density at radius 1 is 1.60 bits per heavy atom. The van der Waals surface area contributed by atoms with Crippen molar-refractivity contribution in [2.24, 2.45) is 12.8 Å². The van der Waals surface area contributed by atoms with Crippen molar-refractivity contribution in [3.63, 3.8) is 0 Å². The first-order chi connectivity index (χ1) is 7.13. The summed E-state index contributed by atoms with van der Waals surface area (Å²) in [7, 11) is 1.74. The zero-order valence-corrected chi connectivity index (χ0v) is 8.31. The van der Waals surface area contributed by atoms with E-state index in [2.05, 4.69) is 5.10 Å². The quantitative estimate of drug-likeness (QED) is 0.765. The number of nitrogens with zero attached hydrogens (tertiary/aromatic N) is 2. The molecule has 15 heavy (non-hydrogen) atoms. The number of fused-ring (bicyclic) bond motifs is 1. The molecule has 2 aromatic rings. The number of halogens is 1. The van der Waals surface area contributed by atoms with E-state index < -0.39 is 11.9 Å². The Kier molecular flexibility index (Phi) is 2.42. The van der Waals surface area contributed by atoms with Crippen LogP contribution in [0.3, 0.4) is 0 Å². The first-order valence-electron chi connectivity index (χ1n) is 4.62. The summed E-state index contributed by atoms with van der Waals surface area (Å²) in [5, 5.41) is 14.3. The second-order valence-corrected chi connectivity index (χ2v) is 3.45. The van der Waals surface area contributed by atoms with Crippen molar-refractivity contribution in [2.75, 3.05) is 6.54 Å². The number of aromatic nitrogens is 2. The first-order valence-corrected chi connectivity index (χ1v) is 4.62. The van der Waals surface area contributed by atoms with Gasteiger partial charge in [0, 0.05) is 30.6 Å². The van der Waals surface area contributed by atoms with Crippen molar-refractivity contribution >= 4 is 10.9 Å². The van der Waals surface area contributed by atoms with Crippen molar-refractivity contribution in [3.8, 4) is 0 Å². The third-order valence-corrected chi connectivity index (χ3v) is 2.45. The third kappa shape index (κ3) is 1.60. The van der Waals surface area contributed by atoms with Crippen molar-refractivity contribution in [1.29, 1.82) is 0 Å². The van der Waals surface area contributed by atoms with Crippen molar-refractivity contribution in [3.05, 3.63) is 29.7 Å². The number of hydrogen-bond donors (Lipinski definition) is 2. The molecule has 0 saturated heterocycles. The predicted molar refractivity (Wildman–Crippen MR) is 54.7 cm³/mol. The number of aliphatic hydroxyl groups excluding tert-OH is 1. The minimum atomic E-state index is -0.963. The van der Waals surface area contributed by atoms with Crippen LogP contribution >= 0.6 is 0 Å². The fourth-order valence-corrected chi connectivity index (χ4v) is 1.57. The first kappa shape index (κ1) is 10.1. The molecule has 0 fully saturated rings. The Balaban J connectivity index is 2.63. The van der Waals surface area contributed by atoms with Crippen molar-refractivity contribution < 1.29 is 9.50 Å². The van der Waals surface area contributed by atoms with Crippen LogP contribution in [-0.2, 0) is 7.05 Å². The van der Waals surface area contributed by atoms with Gasteiger partial charge in [-0.1, -0.05) is 0 Å². The summed E-state index contributed by atoms with van der Waals surface area (Å²) in [5.74, 6) is -0.455. The average Bonchev–Trinajstić information content (AvgIpc) is 2.58. The van der Waals surface area contributed by atoms with Crippen molar-refractivity contribution in [1.82, 2.24) is 9.78 Å². The molecule has 0 radical (unpaired) electrons. The standard InChI is InChI=1S/C10H12FN3O/c1-14-9-3-8(11)7(10(15)4-12)2-6(9)5-13-14/h2-3,5,10,15H,4,12H2,1H3. The zero-order chi connectivity index (χ0) is 11.0. The van der Waals surface area contributed by atoms with Gasteiger partial charge in [-0.25, -0.2) is 4.39 Å². The lowest BCUT2D eigenvalue weighted by Crippen LogP contribution is -2.13. The van der Waals surface area contributed by atoms with Crippen LogP contribution in [0.15, 0.2) is 18.3 Å². The molecule has 0 saturated carbocycles. The molecule has 0 aliphatic heterocycles. The molecule has 0 spiro atoms. The number of hydrogen-bond acceptors (Lipinski definition) is 3. The number of aryl methyl sites for hydroxylation is 1. The molecule has 1 atom stereocenters. The summed E-state index contributed by atoms with van der Waals surface area (Å²) >= 11 is 0. The van der Waals surface area contributed by atoms with Gasteiger partial charge in [-0.05, 0) is 6.07 Å². The van der Waals surface area contributed by atoms with E-state index in [1.807, 2.05) is 0 Å². The third-order valence-electron chi connectivity index (χ3n) is 2.45. The monoisotopic (exact) mass is 209 g/mol. The Labute approximate surface area is 86.1 Å². The van der Waals surface area contributed by atoms with Gasteiger partial charge >= 0.3 is 0 Å². The van der Waals surface area contributed by atoms with E-state index in [0.29, 0.717) is 5.52 Å². The molecular formula is C10H12FN3O. The van der Waals surface area contributed by atoms with Gasteiger partial charge < -0.3 is 10.8 Å². The maximum absolute atomic E-state index is 13.6. The van der Waals surface area contributed by atoms with Gasteiger partial charge in [0.25, 0.3) is 0 Å². The lowest BCUT2D eigenvalue weighted by atomic mass is 10.1. The van der Waals surface area contributed by atoms with E-state index in [-0.39, 0.29) is 12.1 Å². The van der Waals surface area contributed by atoms with Crippen LogP contribution in [0.5, 0.6) is 0 Å². The van der Waals surface area contributed by atoms with E-state index >= 15 is 0 Å². The number of aliphatic hydroxyl groups is 1. The van der Waals surface area contributed by atoms with Crippen LogP contribution in [0.25, 0.3) is 10.9 Å². The van der Waals surface area contributed by atoms with Crippen LogP contribution in [0.1, 0.15) is 11.7 Å². The average molecular weight is 209 g/mol. The lowest BCUT2D eigenvalue weighted by Gasteiger charge is -2.09. The number of rotatable bonds is 2. The van der Waals surface area contributed by atoms with E-state index in [9.17, 15) is 9.50 Å². The van der Waals surface area contributed by atoms with Gasteiger partial charge in [0.15, 0.2) is 0 Å². The summed E-state index contributed by atoms with van der Waals surface area (Å²) in [6, 6.07) is 2.94. The topological polar surface area (TPSA) is 64.1 Å². The Hall–Kier alpha value is -1.46. The summed E-state index contributed by atoms with van der Waals surface area (Å²) in [4.78, 5) is 0. The van der Waals surface area contributed by atoms with E-state index in [4.69, 9.17) is 5.73 Å². The van der Waals surface area contributed by atoms with E-state index in [1.165, 1.54) is 6.07 Å². The molecule has 1 heterocycles. The molecule has 1 aromatic heterocycles. The van der Waals surface area contributed by atoms with Crippen LogP contribution in [-0.4, -0.2) is 21.4 Å². The molecule has 0 aliphatic carbocycles.